The summed E-state index contributed by atoms with van der Waals surface area (Å²) >= 11 is 3.38. The van der Waals surface area contributed by atoms with Crippen molar-refractivity contribution in [2.75, 3.05) is 13.6 Å². The molecule has 0 aliphatic heterocycles. The van der Waals surface area contributed by atoms with E-state index < -0.39 is 21.2 Å². The number of rotatable bonds is 6. The maximum atomic E-state index is 12.3. The van der Waals surface area contributed by atoms with Gasteiger partial charge in [0.05, 0.1) is 16.1 Å². The average Bonchev–Trinajstić information content (AvgIpc) is 2.60. The molecule has 0 bridgehead atoms. The van der Waals surface area contributed by atoms with Crippen molar-refractivity contribution in [2.24, 2.45) is 0 Å². The quantitative estimate of drug-likeness (QED) is 0.670. The van der Waals surface area contributed by atoms with Crippen LogP contribution in [0.5, 0.6) is 0 Å². The SMILES string of the molecule is CC(C)(O)C(C)(C)O.CN(CCc1ccc(Br)cc1)S(=O)(=O)c1ccccc1. The largest absolute Gasteiger partial charge is 0.387 e. The minimum absolute atomic E-state index is 0.332. The first-order valence-electron chi connectivity index (χ1n) is 8.96. The third-order valence-corrected chi connectivity index (χ3v) is 6.98. The lowest BCUT2D eigenvalue weighted by molar-refractivity contribution is -0.107. The van der Waals surface area contributed by atoms with Gasteiger partial charge in [0.15, 0.2) is 0 Å². The molecule has 0 fully saturated rings. The smallest absolute Gasteiger partial charge is 0.242 e. The van der Waals surface area contributed by atoms with Crippen LogP contribution in [0.1, 0.15) is 33.3 Å². The molecule has 0 aliphatic carbocycles. The van der Waals surface area contributed by atoms with Crippen LogP contribution >= 0.6 is 15.9 Å². The molecular weight excluding hydrogens is 442 g/mol. The molecule has 0 heterocycles. The maximum absolute atomic E-state index is 12.3. The van der Waals surface area contributed by atoms with Crippen molar-refractivity contribution in [3.63, 3.8) is 0 Å². The lowest BCUT2D eigenvalue weighted by atomic mass is 9.90. The number of nitrogens with zero attached hydrogens (tertiary/aromatic N) is 1. The Labute approximate surface area is 177 Å². The second kappa shape index (κ2) is 9.98. The molecule has 0 saturated carbocycles. The fourth-order valence-corrected chi connectivity index (χ4v) is 3.29. The molecule has 0 saturated heterocycles. The molecule has 28 heavy (non-hydrogen) atoms. The fraction of sp³-hybridized carbons (Fsp3) is 0.429. The van der Waals surface area contributed by atoms with Crippen LogP contribution < -0.4 is 0 Å². The van der Waals surface area contributed by atoms with Crippen molar-refractivity contribution in [1.82, 2.24) is 4.31 Å². The normalized spacial score (nSPS) is 12.5. The zero-order valence-electron chi connectivity index (χ0n) is 17.1. The van der Waals surface area contributed by atoms with Crippen LogP contribution in [0.2, 0.25) is 0 Å². The number of hydrogen-bond acceptors (Lipinski definition) is 4. The number of halogens is 1. The van der Waals surface area contributed by atoms with Crippen LogP contribution in [-0.2, 0) is 16.4 Å². The van der Waals surface area contributed by atoms with Crippen molar-refractivity contribution in [2.45, 2.75) is 50.2 Å². The van der Waals surface area contributed by atoms with E-state index in [1.54, 1.807) is 65.1 Å². The maximum Gasteiger partial charge on any atom is 0.242 e. The highest BCUT2D eigenvalue weighted by Crippen LogP contribution is 2.19. The minimum atomic E-state index is -3.39. The molecule has 0 radical (unpaired) electrons. The zero-order valence-corrected chi connectivity index (χ0v) is 19.5. The standard InChI is InChI=1S/C15H16BrNO2S.C6H14O2/c1-17(12-11-13-7-9-14(16)10-8-13)20(18,19)15-5-3-2-4-6-15;1-5(2,7)6(3,4)8/h2-10H,11-12H2,1H3;7-8H,1-4H3. The monoisotopic (exact) mass is 471 g/mol. The van der Waals surface area contributed by atoms with Gasteiger partial charge in [-0.1, -0.05) is 46.3 Å². The second-order valence-corrected chi connectivity index (χ2v) is 10.6. The molecule has 2 aromatic rings. The van der Waals surface area contributed by atoms with E-state index in [-0.39, 0.29) is 0 Å². The van der Waals surface area contributed by atoms with Crippen molar-refractivity contribution in [3.8, 4) is 0 Å². The van der Waals surface area contributed by atoms with Crippen LogP contribution in [0, 0.1) is 0 Å². The van der Waals surface area contributed by atoms with E-state index in [2.05, 4.69) is 15.9 Å². The van der Waals surface area contributed by atoms with Gasteiger partial charge < -0.3 is 10.2 Å². The van der Waals surface area contributed by atoms with Gasteiger partial charge in [0.2, 0.25) is 10.0 Å². The van der Waals surface area contributed by atoms with Gasteiger partial charge in [0.1, 0.15) is 0 Å². The average molecular weight is 472 g/mol. The number of benzene rings is 2. The van der Waals surface area contributed by atoms with E-state index in [0.29, 0.717) is 17.9 Å². The summed E-state index contributed by atoms with van der Waals surface area (Å²) in [5, 5.41) is 18.2. The van der Waals surface area contributed by atoms with Crippen molar-refractivity contribution >= 4 is 26.0 Å². The summed E-state index contributed by atoms with van der Waals surface area (Å²) in [7, 11) is -1.78. The van der Waals surface area contributed by atoms with E-state index in [9.17, 15) is 8.42 Å². The Hall–Kier alpha value is -1.25. The van der Waals surface area contributed by atoms with Gasteiger partial charge in [-0.05, 0) is 63.9 Å². The van der Waals surface area contributed by atoms with Gasteiger partial charge in [-0.3, -0.25) is 0 Å². The summed E-state index contributed by atoms with van der Waals surface area (Å²) in [6, 6.07) is 16.4. The van der Waals surface area contributed by atoms with Crippen molar-refractivity contribution in [1.29, 1.82) is 0 Å². The van der Waals surface area contributed by atoms with E-state index in [4.69, 9.17) is 10.2 Å². The molecule has 0 aliphatic rings. The lowest BCUT2D eigenvalue weighted by Crippen LogP contribution is -2.44. The molecule has 2 aromatic carbocycles. The topological polar surface area (TPSA) is 77.8 Å². The van der Waals surface area contributed by atoms with E-state index in [1.165, 1.54) is 4.31 Å². The molecular formula is C21H30BrNO4S. The number of sulfonamides is 1. The molecule has 156 valence electrons. The summed E-state index contributed by atoms with van der Waals surface area (Å²) in [4.78, 5) is 0.332. The van der Waals surface area contributed by atoms with Crippen LogP contribution in [-0.4, -0.2) is 47.7 Å². The Morgan fingerprint density at radius 1 is 0.893 bits per heavy atom. The molecule has 0 unspecified atom stereocenters. The summed E-state index contributed by atoms with van der Waals surface area (Å²) in [5.74, 6) is 0. The van der Waals surface area contributed by atoms with Gasteiger partial charge in [-0.15, -0.1) is 0 Å². The minimum Gasteiger partial charge on any atom is -0.387 e. The van der Waals surface area contributed by atoms with E-state index in [0.717, 1.165) is 10.0 Å². The third-order valence-electron chi connectivity index (χ3n) is 4.58. The summed E-state index contributed by atoms with van der Waals surface area (Å²) in [5.41, 5.74) is -0.900. The molecule has 0 atom stereocenters. The van der Waals surface area contributed by atoms with Crippen LogP contribution in [0.15, 0.2) is 64.0 Å². The Bertz CT molecular complexity index is 811. The summed E-state index contributed by atoms with van der Waals surface area (Å²) in [6.07, 6.45) is 0.690. The molecule has 0 spiro atoms. The number of hydrogen-bond donors (Lipinski definition) is 2. The van der Waals surface area contributed by atoms with E-state index >= 15 is 0 Å². The van der Waals surface area contributed by atoms with Crippen molar-refractivity contribution in [3.05, 3.63) is 64.6 Å². The Morgan fingerprint density at radius 3 is 1.79 bits per heavy atom. The van der Waals surface area contributed by atoms with Gasteiger partial charge >= 0.3 is 0 Å². The number of likely N-dealkylation sites (N-methyl/N-ethyl adjacent to an activating group) is 1. The van der Waals surface area contributed by atoms with Crippen LogP contribution in [0.3, 0.4) is 0 Å². The zero-order chi connectivity index (χ0) is 21.6. The Balaban J connectivity index is 0.000000416. The highest BCUT2D eigenvalue weighted by molar-refractivity contribution is 9.10. The number of aliphatic hydroxyl groups is 2. The first-order chi connectivity index (χ1) is 12.7. The lowest BCUT2D eigenvalue weighted by Gasteiger charge is -2.31. The first kappa shape index (κ1) is 24.8. The molecule has 0 aromatic heterocycles. The predicted octanol–water partition coefficient (Wildman–Crippen LogP) is 3.84. The second-order valence-electron chi connectivity index (χ2n) is 7.63. The third kappa shape index (κ3) is 7.64. The highest BCUT2D eigenvalue weighted by Gasteiger charge is 2.31. The highest BCUT2D eigenvalue weighted by atomic mass is 79.9. The van der Waals surface area contributed by atoms with Crippen molar-refractivity contribution < 1.29 is 18.6 Å². The Morgan fingerprint density at radius 2 is 1.36 bits per heavy atom. The first-order valence-corrected chi connectivity index (χ1v) is 11.2. The molecule has 5 nitrogen and oxygen atoms in total. The fourth-order valence-electron chi connectivity index (χ4n) is 1.83. The van der Waals surface area contributed by atoms with Crippen LogP contribution in [0.4, 0.5) is 0 Å². The summed E-state index contributed by atoms with van der Waals surface area (Å²) < 4.78 is 27.1. The molecule has 0 amide bonds. The van der Waals surface area contributed by atoms with Gasteiger partial charge in [-0.25, -0.2) is 12.7 Å². The van der Waals surface area contributed by atoms with E-state index in [1.807, 2.05) is 24.3 Å². The molecule has 2 rings (SSSR count). The molecule has 2 N–H and O–H groups in total. The predicted molar refractivity (Wildman–Crippen MR) is 117 cm³/mol. The van der Waals surface area contributed by atoms with Gasteiger partial charge in [-0.2, -0.15) is 0 Å². The molecule has 7 heteroatoms. The summed E-state index contributed by atoms with van der Waals surface area (Å²) in [6.45, 7) is 6.76. The Kier molecular flexibility index (Phi) is 8.84. The van der Waals surface area contributed by atoms with Gasteiger partial charge in [0, 0.05) is 18.1 Å². The van der Waals surface area contributed by atoms with Crippen LogP contribution in [0.25, 0.3) is 0 Å². The van der Waals surface area contributed by atoms with Gasteiger partial charge in [0.25, 0.3) is 0 Å².